The van der Waals surface area contributed by atoms with Crippen LogP contribution < -0.4 is 0 Å². The largest absolute Gasteiger partial charge is 0.477 e. The molecule has 0 fully saturated rings. The molecule has 0 aliphatic heterocycles. The standard InChI is InChI=1S/C56H105NO7/c1-6-8-10-12-14-16-18-20-22-24-26-28-30-32-34-36-38-40-42-44-46-54(58)63-51-52(50-62-49-48-53(56(60)61)57(3,4)5)64-55(59)47-45-43-41-39-37-35-33-31-29-27-25-23-21-19-17-15-13-11-9-7-2/h16,18,20,22,52-53H,6-15,17,19,21,23-51H2,1-5H3/p+1/b18-16+,22-20+. The Hall–Kier alpha value is -2.19. The molecule has 0 aromatic carbocycles. The second-order valence-electron chi connectivity index (χ2n) is 19.9. The third kappa shape index (κ3) is 45.0. The number of hydrogen-bond acceptors (Lipinski definition) is 6. The van der Waals surface area contributed by atoms with Gasteiger partial charge in [0.2, 0.25) is 0 Å². The number of unbranched alkanes of at least 4 members (excludes halogenated alkanes) is 33. The molecule has 0 bridgehead atoms. The number of carboxylic acids is 1. The van der Waals surface area contributed by atoms with Gasteiger partial charge in [0.05, 0.1) is 34.4 Å². The highest BCUT2D eigenvalue weighted by Crippen LogP contribution is 2.17. The van der Waals surface area contributed by atoms with E-state index in [1.54, 1.807) is 0 Å². The summed E-state index contributed by atoms with van der Waals surface area (Å²) in [7, 11) is 5.55. The van der Waals surface area contributed by atoms with Gasteiger partial charge in [-0.1, -0.05) is 231 Å². The monoisotopic (exact) mass is 905 g/mol. The maximum absolute atomic E-state index is 12.8. The number of rotatable bonds is 50. The van der Waals surface area contributed by atoms with E-state index in [9.17, 15) is 19.5 Å². The second-order valence-corrected chi connectivity index (χ2v) is 19.9. The molecule has 0 rings (SSSR count). The predicted octanol–water partition coefficient (Wildman–Crippen LogP) is 16.0. The van der Waals surface area contributed by atoms with Crippen molar-refractivity contribution in [1.82, 2.24) is 0 Å². The third-order valence-corrected chi connectivity index (χ3v) is 12.6. The summed E-state index contributed by atoms with van der Waals surface area (Å²) in [5.74, 6) is -1.45. The van der Waals surface area contributed by atoms with Gasteiger partial charge in [0, 0.05) is 19.3 Å². The van der Waals surface area contributed by atoms with Crippen molar-refractivity contribution in [3.63, 3.8) is 0 Å². The Morgan fingerprint density at radius 3 is 1.19 bits per heavy atom. The second kappa shape index (κ2) is 47.3. The minimum atomic E-state index is -0.871. The van der Waals surface area contributed by atoms with E-state index in [0.717, 1.165) is 38.5 Å². The molecule has 0 heterocycles. The molecule has 8 heteroatoms. The molecule has 0 saturated heterocycles. The van der Waals surface area contributed by atoms with E-state index in [2.05, 4.69) is 38.2 Å². The first-order valence-electron chi connectivity index (χ1n) is 27.4. The van der Waals surface area contributed by atoms with Crippen LogP contribution in [0.25, 0.3) is 0 Å². The van der Waals surface area contributed by atoms with Gasteiger partial charge in [-0.2, -0.15) is 0 Å². The Kier molecular flexibility index (Phi) is 45.7. The van der Waals surface area contributed by atoms with Crippen LogP contribution in [0.2, 0.25) is 0 Å². The van der Waals surface area contributed by atoms with Gasteiger partial charge < -0.3 is 23.8 Å². The van der Waals surface area contributed by atoms with Crippen molar-refractivity contribution in [2.45, 2.75) is 276 Å². The van der Waals surface area contributed by atoms with Gasteiger partial charge in [-0.05, 0) is 38.5 Å². The Bertz CT molecular complexity index is 1100. The fraction of sp³-hybridized carbons (Fsp3) is 0.875. The number of carbonyl (C=O) groups excluding carboxylic acids is 2. The van der Waals surface area contributed by atoms with Gasteiger partial charge in [0.1, 0.15) is 6.61 Å². The number of nitrogens with zero attached hydrogens (tertiary/aromatic N) is 1. The molecular weight excluding hydrogens is 799 g/mol. The molecular formula is C56H106NO7+. The maximum atomic E-state index is 12.8. The van der Waals surface area contributed by atoms with E-state index < -0.39 is 18.1 Å². The highest BCUT2D eigenvalue weighted by molar-refractivity contribution is 5.72. The molecule has 0 aliphatic carbocycles. The number of hydrogen-bond donors (Lipinski definition) is 1. The zero-order chi connectivity index (χ0) is 47.0. The quantitative estimate of drug-likeness (QED) is 0.0281. The summed E-state index contributed by atoms with van der Waals surface area (Å²) in [6.45, 7) is 4.77. The van der Waals surface area contributed by atoms with E-state index in [-0.39, 0.29) is 36.2 Å². The molecule has 0 saturated carbocycles. The first-order valence-corrected chi connectivity index (χ1v) is 27.4. The number of carboxylic acid groups (broad SMARTS) is 1. The van der Waals surface area contributed by atoms with Crippen LogP contribution in [0.4, 0.5) is 0 Å². The molecule has 2 atom stereocenters. The Balaban J connectivity index is 4.18. The fourth-order valence-corrected chi connectivity index (χ4v) is 8.38. The lowest BCUT2D eigenvalue weighted by Crippen LogP contribution is -2.50. The zero-order valence-corrected chi connectivity index (χ0v) is 43.0. The minimum absolute atomic E-state index is 0.0476. The van der Waals surface area contributed by atoms with E-state index in [4.69, 9.17) is 14.2 Å². The number of carbonyl (C=O) groups is 3. The zero-order valence-electron chi connectivity index (χ0n) is 43.0. The smallest absolute Gasteiger partial charge is 0.362 e. The summed E-state index contributed by atoms with van der Waals surface area (Å²) in [5, 5.41) is 9.67. The third-order valence-electron chi connectivity index (χ3n) is 12.6. The molecule has 2 unspecified atom stereocenters. The molecule has 0 aromatic heterocycles. The first-order chi connectivity index (χ1) is 31.1. The van der Waals surface area contributed by atoms with Crippen LogP contribution in [0.1, 0.15) is 264 Å². The summed E-state index contributed by atoms with van der Waals surface area (Å²) in [6.07, 6.45) is 55.1. The highest BCUT2D eigenvalue weighted by Gasteiger charge is 2.31. The van der Waals surface area contributed by atoms with Crippen LogP contribution in [0.5, 0.6) is 0 Å². The number of quaternary nitrogens is 1. The van der Waals surface area contributed by atoms with Crippen LogP contribution in [-0.4, -0.2) is 80.6 Å². The number of ether oxygens (including phenoxy) is 3. The van der Waals surface area contributed by atoms with Gasteiger partial charge in [0.25, 0.3) is 0 Å². The summed E-state index contributed by atoms with van der Waals surface area (Å²) in [4.78, 5) is 37.2. The van der Waals surface area contributed by atoms with Crippen molar-refractivity contribution >= 4 is 17.9 Å². The molecule has 8 nitrogen and oxygen atoms in total. The van der Waals surface area contributed by atoms with Gasteiger partial charge in [-0.25, -0.2) is 4.79 Å². The lowest BCUT2D eigenvalue weighted by molar-refractivity contribution is -0.887. The lowest BCUT2D eigenvalue weighted by atomic mass is 10.0. The number of aliphatic carboxylic acids is 1. The molecule has 0 radical (unpaired) electrons. The van der Waals surface area contributed by atoms with Crippen LogP contribution in [0.3, 0.4) is 0 Å². The Labute approximate surface area is 396 Å². The number of allylic oxidation sites excluding steroid dienone is 4. The van der Waals surface area contributed by atoms with Crippen molar-refractivity contribution in [1.29, 1.82) is 0 Å². The van der Waals surface area contributed by atoms with Crippen LogP contribution in [0, 0.1) is 0 Å². The van der Waals surface area contributed by atoms with Gasteiger partial charge >= 0.3 is 17.9 Å². The van der Waals surface area contributed by atoms with E-state index in [1.807, 2.05) is 21.1 Å². The molecule has 0 aliphatic rings. The summed E-state index contributed by atoms with van der Waals surface area (Å²) in [6, 6.07) is -0.613. The Morgan fingerprint density at radius 2 is 0.812 bits per heavy atom. The Morgan fingerprint density at radius 1 is 0.469 bits per heavy atom. The van der Waals surface area contributed by atoms with Gasteiger partial charge in [-0.15, -0.1) is 0 Å². The molecule has 64 heavy (non-hydrogen) atoms. The fourth-order valence-electron chi connectivity index (χ4n) is 8.38. The lowest BCUT2D eigenvalue weighted by Gasteiger charge is -2.31. The number of esters is 2. The SMILES string of the molecule is CCCCCC/C=C/C=C/CCCCCCCCCCCCC(=O)OCC(COCCC(C(=O)O)[N+](C)(C)C)OC(=O)CCCCCCCCCCCCCCCCCCCCCC. The summed E-state index contributed by atoms with van der Waals surface area (Å²) in [5.41, 5.74) is 0. The minimum Gasteiger partial charge on any atom is -0.477 e. The van der Waals surface area contributed by atoms with Crippen molar-refractivity contribution in [3.05, 3.63) is 24.3 Å². The van der Waals surface area contributed by atoms with Crippen LogP contribution in [0.15, 0.2) is 24.3 Å². The van der Waals surface area contributed by atoms with Crippen molar-refractivity contribution in [3.8, 4) is 0 Å². The van der Waals surface area contributed by atoms with Gasteiger partial charge in [-0.3, -0.25) is 9.59 Å². The topological polar surface area (TPSA) is 99.1 Å². The first kappa shape index (κ1) is 61.8. The maximum Gasteiger partial charge on any atom is 0.362 e. The van der Waals surface area contributed by atoms with Gasteiger partial charge in [0.15, 0.2) is 12.1 Å². The number of likely N-dealkylation sites (N-methyl/N-ethyl adjacent to an activating group) is 1. The molecule has 0 amide bonds. The predicted molar refractivity (Wildman–Crippen MR) is 271 cm³/mol. The van der Waals surface area contributed by atoms with Crippen molar-refractivity contribution in [2.24, 2.45) is 0 Å². The molecule has 1 N–H and O–H groups in total. The molecule has 376 valence electrons. The average Bonchev–Trinajstić information content (AvgIpc) is 3.26. The molecule has 0 aromatic rings. The van der Waals surface area contributed by atoms with Crippen LogP contribution in [-0.2, 0) is 28.6 Å². The molecule has 0 spiro atoms. The van der Waals surface area contributed by atoms with Crippen molar-refractivity contribution in [2.75, 3.05) is 41.0 Å². The van der Waals surface area contributed by atoms with E-state index >= 15 is 0 Å². The normalized spacial score (nSPS) is 13.0. The summed E-state index contributed by atoms with van der Waals surface area (Å²) >= 11 is 0. The highest BCUT2D eigenvalue weighted by atomic mass is 16.6. The van der Waals surface area contributed by atoms with Crippen LogP contribution >= 0.6 is 0 Å². The van der Waals surface area contributed by atoms with E-state index in [1.165, 1.54) is 193 Å². The summed E-state index contributed by atoms with van der Waals surface area (Å²) < 4.78 is 17.4. The average molecular weight is 905 g/mol. The van der Waals surface area contributed by atoms with Crippen molar-refractivity contribution < 1.29 is 38.2 Å². The van der Waals surface area contributed by atoms with E-state index in [0.29, 0.717) is 19.3 Å².